The number of rotatable bonds is 7. The van der Waals surface area contributed by atoms with E-state index in [0.717, 1.165) is 24.8 Å². The Bertz CT molecular complexity index is 833. The second kappa shape index (κ2) is 9.10. The van der Waals surface area contributed by atoms with Gasteiger partial charge in [0.2, 0.25) is 15.9 Å². The Labute approximate surface area is 160 Å². The smallest absolute Gasteiger partial charge is 0.244 e. The summed E-state index contributed by atoms with van der Waals surface area (Å²) in [6.07, 6.45) is 5.64. The quantitative estimate of drug-likeness (QED) is 0.790. The third kappa shape index (κ3) is 5.37. The molecule has 1 amide bonds. The summed E-state index contributed by atoms with van der Waals surface area (Å²) >= 11 is 0. The maximum absolute atomic E-state index is 12.6. The Morgan fingerprint density at radius 2 is 1.85 bits per heavy atom. The summed E-state index contributed by atoms with van der Waals surface area (Å²) in [5.41, 5.74) is 1.15. The van der Waals surface area contributed by atoms with Crippen LogP contribution in [0.25, 0.3) is 0 Å². The summed E-state index contributed by atoms with van der Waals surface area (Å²) in [5.74, 6) is 0.357. The molecule has 1 fully saturated rings. The van der Waals surface area contributed by atoms with Crippen LogP contribution in [0.4, 0.5) is 0 Å². The first-order chi connectivity index (χ1) is 13.1. The van der Waals surface area contributed by atoms with Gasteiger partial charge in [-0.25, -0.2) is 8.42 Å². The van der Waals surface area contributed by atoms with Crippen molar-refractivity contribution >= 4 is 15.9 Å². The van der Waals surface area contributed by atoms with E-state index in [2.05, 4.69) is 10.3 Å². The third-order valence-corrected chi connectivity index (χ3v) is 6.80. The average Bonchev–Trinajstić information content (AvgIpc) is 2.72. The molecule has 0 spiro atoms. The Morgan fingerprint density at radius 1 is 1.11 bits per heavy atom. The SMILES string of the molecule is O=C(CCc1ccccc1)NCC1CCN(S(=O)(=O)c2cccnc2)CC1. The number of pyridine rings is 1. The van der Waals surface area contributed by atoms with Gasteiger partial charge in [0.1, 0.15) is 4.90 Å². The number of piperidine rings is 1. The van der Waals surface area contributed by atoms with Crippen molar-refractivity contribution in [2.75, 3.05) is 19.6 Å². The Hall–Kier alpha value is -2.25. The highest BCUT2D eigenvalue weighted by molar-refractivity contribution is 7.89. The Morgan fingerprint density at radius 3 is 2.52 bits per heavy atom. The van der Waals surface area contributed by atoms with E-state index >= 15 is 0 Å². The molecule has 2 heterocycles. The Kier molecular flexibility index (Phi) is 6.58. The minimum absolute atomic E-state index is 0.0456. The highest BCUT2D eigenvalue weighted by Crippen LogP contribution is 2.23. The van der Waals surface area contributed by atoms with Crippen molar-refractivity contribution < 1.29 is 13.2 Å². The molecule has 1 N–H and O–H groups in total. The molecule has 7 heteroatoms. The number of aryl methyl sites for hydroxylation is 1. The van der Waals surface area contributed by atoms with E-state index in [-0.39, 0.29) is 10.8 Å². The van der Waals surface area contributed by atoms with Crippen molar-refractivity contribution in [2.45, 2.75) is 30.6 Å². The normalized spacial score (nSPS) is 16.1. The van der Waals surface area contributed by atoms with Gasteiger partial charge >= 0.3 is 0 Å². The maximum Gasteiger partial charge on any atom is 0.244 e. The summed E-state index contributed by atoms with van der Waals surface area (Å²) < 4.78 is 26.7. The van der Waals surface area contributed by atoms with E-state index in [1.807, 2.05) is 30.3 Å². The molecule has 0 saturated carbocycles. The van der Waals surface area contributed by atoms with Gasteiger partial charge in [-0.1, -0.05) is 30.3 Å². The highest BCUT2D eigenvalue weighted by Gasteiger charge is 2.29. The number of carbonyl (C=O) groups excluding carboxylic acids is 1. The first-order valence-corrected chi connectivity index (χ1v) is 10.7. The largest absolute Gasteiger partial charge is 0.356 e. The average molecular weight is 388 g/mol. The lowest BCUT2D eigenvalue weighted by atomic mass is 9.98. The fraction of sp³-hybridized carbons (Fsp3) is 0.400. The van der Waals surface area contributed by atoms with Crippen LogP contribution in [0.2, 0.25) is 0 Å². The lowest BCUT2D eigenvalue weighted by molar-refractivity contribution is -0.121. The topological polar surface area (TPSA) is 79.4 Å². The molecule has 0 atom stereocenters. The van der Waals surface area contributed by atoms with Crippen molar-refractivity contribution in [3.8, 4) is 0 Å². The molecular weight excluding hydrogens is 362 g/mol. The summed E-state index contributed by atoms with van der Waals surface area (Å²) in [5, 5.41) is 2.99. The van der Waals surface area contributed by atoms with E-state index in [1.165, 1.54) is 10.5 Å². The fourth-order valence-corrected chi connectivity index (χ4v) is 4.69. The lowest BCUT2D eigenvalue weighted by Gasteiger charge is -2.31. The minimum Gasteiger partial charge on any atom is -0.356 e. The van der Waals surface area contributed by atoms with Gasteiger partial charge in [0.25, 0.3) is 0 Å². The van der Waals surface area contributed by atoms with Gasteiger partial charge in [-0.05, 0) is 42.9 Å². The van der Waals surface area contributed by atoms with Gasteiger partial charge in [0, 0.05) is 38.4 Å². The number of benzene rings is 1. The monoisotopic (exact) mass is 387 g/mol. The molecule has 1 aliphatic heterocycles. The van der Waals surface area contributed by atoms with E-state index in [0.29, 0.717) is 32.0 Å². The van der Waals surface area contributed by atoms with Gasteiger partial charge in [-0.2, -0.15) is 4.31 Å². The molecule has 1 saturated heterocycles. The zero-order valence-electron chi connectivity index (χ0n) is 15.3. The van der Waals surface area contributed by atoms with Crippen LogP contribution in [0.1, 0.15) is 24.8 Å². The first-order valence-electron chi connectivity index (χ1n) is 9.26. The van der Waals surface area contributed by atoms with Crippen LogP contribution in [0.15, 0.2) is 59.8 Å². The van der Waals surface area contributed by atoms with Gasteiger partial charge in [-0.15, -0.1) is 0 Å². The predicted octanol–water partition coefficient (Wildman–Crippen LogP) is 2.23. The Balaban J connectivity index is 1.41. The van der Waals surface area contributed by atoms with Crippen molar-refractivity contribution in [1.29, 1.82) is 0 Å². The molecule has 2 aromatic rings. The van der Waals surface area contributed by atoms with Crippen LogP contribution in [0, 0.1) is 5.92 Å². The number of hydrogen-bond acceptors (Lipinski definition) is 4. The highest BCUT2D eigenvalue weighted by atomic mass is 32.2. The second-order valence-electron chi connectivity index (χ2n) is 6.83. The van der Waals surface area contributed by atoms with E-state index in [4.69, 9.17) is 0 Å². The fourth-order valence-electron chi connectivity index (χ4n) is 3.25. The standard InChI is InChI=1S/C20H25N3O3S/c24-20(9-8-17-5-2-1-3-6-17)22-15-18-10-13-23(14-11-18)27(25,26)19-7-4-12-21-16-19/h1-7,12,16,18H,8-11,13-15H2,(H,22,24). The molecule has 0 unspecified atom stereocenters. The van der Waals surface area contributed by atoms with Gasteiger partial charge in [-0.3, -0.25) is 9.78 Å². The van der Waals surface area contributed by atoms with Crippen LogP contribution < -0.4 is 5.32 Å². The molecule has 1 aromatic heterocycles. The van der Waals surface area contributed by atoms with Crippen molar-refractivity contribution in [3.05, 3.63) is 60.4 Å². The summed E-state index contributed by atoms with van der Waals surface area (Å²) in [6.45, 7) is 1.55. The minimum atomic E-state index is -3.47. The van der Waals surface area contributed by atoms with Crippen LogP contribution in [-0.2, 0) is 21.2 Å². The van der Waals surface area contributed by atoms with E-state index in [9.17, 15) is 13.2 Å². The number of hydrogen-bond donors (Lipinski definition) is 1. The van der Waals surface area contributed by atoms with Crippen LogP contribution >= 0.6 is 0 Å². The number of nitrogens with one attached hydrogen (secondary N) is 1. The molecule has 27 heavy (non-hydrogen) atoms. The summed E-state index contributed by atoms with van der Waals surface area (Å²) in [7, 11) is -3.47. The van der Waals surface area contributed by atoms with Crippen LogP contribution in [0.5, 0.6) is 0 Å². The first kappa shape index (κ1) is 19.5. The van der Waals surface area contributed by atoms with Crippen molar-refractivity contribution in [2.24, 2.45) is 5.92 Å². The zero-order valence-corrected chi connectivity index (χ0v) is 16.1. The molecule has 0 bridgehead atoms. The van der Waals surface area contributed by atoms with Crippen LogP contribution in [0.3, 0.4) is 0 Å². The molecule has 144 valence electrons. The molecule has 0 radical (unpaired) electrons. The number of aromatic nitrogens is 1. The molecule has 3 rings (SSSR count). The third-order valence-electron chi connectivity index (χ3n) is 4.92. The maximum atomic E-state index is 12.6. The number of nitrogens with zero attached hydrogens (tertiary/aromatic N) is 2. The molecule has 1 aliphatic rings. The summed E-state index contributed by atoms with van der Waals surface area (Å²) in [4.78, 5) is 16.2. The van der Waals surface area contributed by atoms with Crippen molar-refractivity contribution in [1.82, 2.24) is 14.6 Å². The predicted molar refractivity (Wildman–Crippen MR) is 103 cm³/mol. The van der Waals surface area contributed by atoms with Crippen molar-refractivity contribution in [3.63, 3.8) is 0 Å². The summed E-state index contributed by atoms with van der Waals surface area (Å²) in [6, 6.07) is 13.1. The van der Waals surface area contributed by atoms with Crippen LogP contribution in [-0.4, -0.2) is 43.2 Å². The zero-order chi connectivity index (χ0) is 19.1. The lowest BCUT2D eigenvalue weighted by Crippen LogP contribution is -2.41. The number of carbonyl (C=O) groups is 1. The van der Waals surface area contributed by atoms with E-state index in [1.54, 1.807) is 18.3 Å². The van der Waals surface area contributed by atoms with E-state index < -0.39 is 10.0 Å². The van der Waals surface area contributed by atoms with Gasteiger partial charge in [0.05, 0.1) is 0 Å². The van der Waals surface area contributed by atoms with Gasteiger partial charge in [0.15, 0.2) is 0 Å². The number of amides is 1. The molecular formula is C20H25N3O3S. The molecule has 0 aliphatic carbocycles. The van der Waals surface area contributed by atoms with Gasteiger partial charge < -0.3 is 5.32 Å². The number of sulfonamides is 1. The molecule has 1 aromatic carbocycles. The second-order valence-corrected chi connectivity index (χ2v) is 8.76. The molecule has 6 nitrogen and oxygen atoms in total.